The van der Waals surface area contributed by atoms with Gasteiger partial charge in [0.05, 0.1) is 32.7 Å². The van der Waals surface area contributed by atoms with Gasteiger partial charge in [-0.3, -0.25) is 14.0 Å². The summed E-state index contributed by atoms with van der Waals surface area (Å²) in [5.74, 6) is 0.329. The molecule has 0 radical (unpaired) electrons. The predicted molar refractivity (Wildman–Crippen MR) is 138 cm³/mol. The number of hydrogen-bond donors (Lipinski definition) is 2. The van der Waals surface area contributed by atoms with Crippen molar-refractivity contribution in [3.63, 3.8) is 0 Å². The second-order valence-electron chi connectivity index (χ2n) is 8.83. The van der Waals surface area contributed by atoms with Crippen molar-refractivity contribution in [1.82, 2.24) is 34.5 Å². The van der Waals surface area contributed by atoms with Crippen molar-refractivity contribution in [2.45, 2.75) is 17.8 Å². The van der Waals surface area contributed by atoms with Gasteiger partial charge in [0.2, 0.25) is 21.9 Å². The Morgan fingerprint density at radius 2 is 1.77 bits per heavy atom. The number of para-hydroxylation sites is 1. The third-order valence-electron chi connectivity index (χ3n) is 6.18. The number of nitrogens with one attached hydrogen (secondary N) is 1. The fraction of sp³-hybridized carbons (Fsp3) is 0.348. The van der Waals surface area contributed by atoms with Gasteiger partial charge >= 0.3 is 0 Å². The number of anilines is 2. The number of halogens is 1. The molecule has 1 aliphatic rings. The van der Waals surface area contributed by atoms with Gasteiger partial charge in [0.15, 0.2) is 11.6 Å². The molecule has 39 heavy (non-hydrogen) atoms. The second-order valence-corrected chi connectivity index (χ2v) is 10.8. The van der Waals surface area contributed by atoms with E-state index in [-0.39, 0.29) is 37.2 Å². The van der Waals surface area contributed by atoms with Crippen LogP contribution in [0.1, 0.15) is 6.42 Å². The van der Waals surface area contributed by atoms with Gasteiger partial charge in [-0.15, -0.1) is 10.2 Å². The number of aliphatic hydroxyl groups excluding tert-OH is 1. The topological polar surface area (TPSA) is 162 Å². The molecule has 2 atom stereocenters. The molecule has 0 spiro atoms. The first-order valence-electron chi connectivity index (χ1n) is 11.8. The molecule has 1 aromatic carbocycles. The summed E-state index contributed by atoms with van der Waals surface area (Å²) < 4.78 is 57.3. The molecule has 0 amide bonds. The number of aromatic nitrogens is 7. The number of nitrogens with zero attached hydrogens (tertiary/aromatic N) is 8. The van der Waals surface area contributed by atoms with Crippen LogP contribution in [0.25, 0.3) is 17.2 Å². The van der Waals surface area contributed by atoms with E-state index in [4.69, 9.17) is 9.47 Å². The predicted octanol–water partition coefficient (Wildman–Crippen LogP) is 0.996. The normalized spacial score (nSPS) is 17.7. The highest BCUT2D eigenvalue weighted by Gasteiger charge is 2.37. The van der Waals surface area contributed by atoms with E-state index in [0.717, 1.165) is 12.4 Å². The molecule has 206 valence electrons. The molecule has 1 unspecified atom stereocenters. The van der Waals surface area contributed by atoms with Gasteiger partial charge in [-0.2, -0.15) is 5.10 Å². The molecule has 1 fully saturated rings. The molecule has 5 rings (SSSR count). The summed E-state index contributed by atoms with van der Waals surface area (Å²) in [6.45, 7) is 0.0489. The summed E-state index contributed by atoms with van der Waals surface area (Å²) in [5, 5.41) is 22.1. The number of benzene rings is 1. The Bertz CT molecular complexity index is 1550. The second kappa shape index (κ2) is 10.5. The Morgan fingerprint density at radius 3 is 2.38 bits per heavy atom. The van der Waals surface area contributed by atoms with Gasteiger partial charge in [-0.05, 0) is 24.6 Å². The molecule has 14 nitrogen and oxygen atoms in total. The number of piperidine rings is 1. The summed E-state index contributed by atoms with van der Waals surface area (Å²) in [5.41, 5.74) is 0.784. The summed E-state index contributed by atoms with van der Waals surface area (Å²) in [6.07, 6.45) is 2.63. The van der Waals surface area contributed by atoms with E-state index in [1.165, 1.54) is 23.7 Å². The van der Waals surface area contributed by atoms with Gasteiger partial charge in [-0.1, -0.05) is 6.07 Å². The molecular formula is C23H26FN9O5S. The van der Waals surface area contributed by atoms with Gasteiger partial charge in [0.1, 0.15) is 28.1 Å². The van der Waals surface area contributed by atoms with Crippen LogP contribution in [0.3, 0.4) is 0 Å². The van der Waals surface area contributed by atoms with Crippen LogP contribution in [0.2, 0.25) is 0 Å². The average Bonchev–Trinajstić information content (AvgIpc) is 3.53. The molecule has 16 heteroatoms. The highest BCUT2D eigenvalue weighted by Crippen LogP contribution is 2.37. The van der Waals surface area contributed by atoms with Gasteiger partial charge in [0, 0.05) is 26.3 Å². The third-order valence-corrected chi connectivity index (χ3v) is 7.87. The van der Waals surface area contributed by atoms with Crippen LogP contribution < -0.4 is 19.1 Å². The lowest BCUT2D eigenvalue weighted by atomic mass is 10.1. The molecular weight excluding hydrogens is 533 g/mol. The van der Waals surface area contributed by atoms with E-state index in [1.54, 1.807) is 42.2 Å². The number of β-amino-alcohol motifs (C(OH)–C–C–N with tert-alkyl or cyclic N) is 1. The van der Waals surface area contributed by atoms with Gasteiger partial charge in [0.25, 0.3) is 0 Å². The highest BCUT2D eigenvalue weighted by atomic mass is 32.2. The fourth-order valence-electron chi connectivity index (χ4n) is 4.41. The first-order valence-corrected chi connectivity index (χ1v) is 13.3. The van der Waals surface area contributed by atoms with E-state index >= 15 is 0 Å². The number of ether oxygens (including phenoxy) is 2. The van der Waals surface area contributed by atoms with Crippen LogP contribution in [-0.2, 0) is 17.1 Å². The lowest BCUT2D eigenvalue weighted by Gasteiger charge is -2.35. The largest absolute Gasteiger partial charge is 0.494 e. The summed E-state index contributed by atoms with van der Waals surface area (Å²) in [7, 11) is 0.524. The van der Waals surface area contributed by atoms with Crippen LogP contribution >= 0.6 is 0 Å². The maximum atomic E-state index is 13.7. The third kappa shape index (κ3) is 5.20. The highest BCUT2D eigenvalue weighted by molar-refractivity contribution is 7.93. The maximum absolute atomic E-state index is 13.7. The SMILES string of the molecule is COc1cccc(OC)c1-n1c(NS(=O)(=O)[C@H]2CC(O)CN(c3ncc(F)cn3)C2)nnc1-c1ccn(C)n1. The van der Waals surface area contributed by atoms with E-state index in [1.807, 2.05) is 0 Å². The first-order chi connectivity index (χ1) is 18.7. The molecule has 3 aromatic heterocycles. The van der Waals surface area contributed by atoms with Gasteiger partial charge in [-0.25, -0.2) is 22.8 Å². The Morgan fingerprint density at radius 1 is 1.08 bits per heavy atom. The molecule has 1 aliphatic heterocycles. The minimum absolute atomic E-state index is 0.0444. The Kier molecular flexibility index (Phi) is 7.05. The Hall–Kier alpha value is -4.31. The van der Waals surface area contributed by atoms with Crippen molar-refractivity contribution in [2.24, 2.45) is 7.05 Å². The smallest absolute Gasteiger partial charge is 0.243 e. The number of sulfonamides is 1. The Balaban J connectivity index is 1.55. The van der Waals surface area contributed by atoms with E-state index in [0.29, 0.717) is 22.9 Å². The van der Waals surface area contributed by atoms with Crippen LogP contribution in [0.4, 0.5) is 16.3 Å². The summed E-state index contributed by atoms with van der Waals surface area (Å²) in [4.78, 5) is 9.33. The van der Waals surface area contributed by atoms with Crippen molar-refractivity contribution in [3.05, 3.63) is 48.7 Å². The molecule has 0 aliphatic carbocycles. The van der Waals surface area contributed by atoms with E-state index < -0.39 is 27.2 Å². The van der Waals surface area contributed by atoms with Crippen LogP contribution in [0.15, 0.2) is 42.9 Å². The maximum Gasteiger partial charge on any atom is 0.243 e. The quantitative estimate of drug-likeness (QED) is 0.317. The average molecular weight is 560 g/mol. The lowest BCUT2D eigenvalue weighted by Crippen LogP contribution is -2.50. The minimum Gasteiger partial charge on any atom is -0.494 e. The van der Waals surface area contributed by atoms with Crippen LogP contribution in [-0.4, -0.2) is 86.7 Å². The molecule has 4 aromatic rings. The van der Waals surface area contributed by atoms with Crippen molar-refractivity contribution < 1.29 is 27.4 Å². The molecule has 1 saturated heterocycles. The van der Waals surface area contributed by atoms with Crippen molar-refractivity contribution in [1.29, 1.82) is 0 Å². The molecule has 4 heterocycles. The minimum atomic E-state index is -4.16. The molecule has 0 bridgehead atoms. The zero-order valence-corrected chi connectivity index (χ0v) is 22.1. The fourth-order valence-corrected chi connectivity index (χ4v) is 5.81. The zero-order chi connectivity index (χ0) is 27.7. The lowest BCUT2D eigenvalue weighted by molar-refractivity contribution is 0.154. The monoisotopic (exact) mass is 559 g/mol. The van der Waals surface area contributed by atoms with Crippen molar-refractivity contribution >= 4 is 21.9 Å². The van der Waals surface area contributed by atoms with Crippen molar-refractivity contribution in [2.75, 3.05) is 36.9 Å². The van der Waals surface area contributed by atoms with Crippen LogP contribution in [0, 0.1) is 5.82 Å². The number of rotatable bonds is 8. The first kappa shape index (κ1) is 26.3. The number of aryl methyl sites for hydroxylation is 1. The van der Waals surface area contributed by atoms with E-state index in [9.17, 15) is 17.9 Å². The number of methoxy groups -OCH3 is 2. The molecule has 2 N–H and O–H groups in total. The summed E-state index contributed by atoms with van der Waals surface area (Å²) >= 11 is 0. The number of hydrogen-bond acceptors (Lipinski definition) is 11. The number of aliphatic hydroxyl groups is 1. The standard InChI is InChI=1S/C23H26FN9O5S/c1-31-8-7-17(29-31)21-27-28-23(33(21)20-18(37-2)5-4-6-19(20)38-3)30-39(35,36)16-9-15(34)12-32(13-16)22-25-10-14(24)11-26-22/h4-8,10-11,15-16,34H,9,12-13H2,1-3H3,(H,28,30)/t15?,16-/m0/s1. The van der Waals surface area contributed by atoms with E-state index in [2.05, 4.69) is 30.0 Å². The van der Waals surface area contributed by atoms with Crippen molar-refractivity contribution in [3.8, 4) is 28.7 Å². The van der Waals surface area contributed by atoms with Crippen LogP contribution in [0.5, 0.6) is 11.5 Å². The molecule has 0 saturated carbocycles. The summed E-state index contributed by atoms with van der Waals surface area (Å²) in [6, 6.07) is 6.82. The van der Waals surface area contributed by atoms with Gasteiger partial charge < -0.3 is 19.5 Å². The Labute approximate surface area is 223 Å². The zero-order valence-electron chi connectivity index (χ0n) is 21.3.